The number of pyridine rings is 1. The molecule has 1 saturated carbocycles. The van der Waals surface area contributed by atoms with Crippen molar-refractivity contribution >= 4 is 15.9 Å². The lowest BCUT2D eigenvalue weighted by Gasteiger charge is -2.22. The molecule has 0 radical (unpaired) electrons. The number of aromatic nitrogens is 1. The Labute approximate surface area is 130 Å². The Balaban J connectivity index is 1.63. The fraction of sp³-hybridized carbons (Fsp3) is 0.600. The monoisotopic (exact) mass is 323 g/mol. The summed E-state index contributed by atoms with van der Waals surface area (Å²) < 4.78 is 23.5. The number of carbonyl (C=O) groups excluding carboxylic acids is 1. The summed E-state index contributed by atoms with van der Waals surface area (Å²) in [5.41, 5.74) is 1.04. The SMILES string of the molecule is C[C@H]1[C@@H](NC(=O)NC(c2ccncc2)C2CC2)CCS1(=O)=O. The van der Waals surface area contributed by atoms with Crippen molar-refractivity contribution < 1.29 is 13.2 Å². The molecule has 1 aliphatic carbocycles. The number of nitrogens with zero attached hydrogens (tertiary/aromatic N) is 1. The Morgan fingerprint density at radius 1 is 1.27 bits per heavy atom. The molecule has 3 rings (SSSR count). The molecule has 7 heteroatoms. The van der Waals surface area contributed by atoms with E-state index in [1.165, 1.54) is 0 Å². The van der Waals surface area contributed by atoms with E-state index < -0.39 is 15.1 Å². The van der Waals surface area contributed by atoms with E-state index in [-0.39, 0.29) is 23.9 Å². The zero-order valence-corrected chi connectivity index (χ0v) is 13.3. The summed E-state index contributed by atoms with van der Waals surface area (Å²) in [7, 11) is -3.06. The zero-order valence-electron chi connectivity index (χ0n) is 12.5. The van der Waals surface area contributed by atoms with E-state index in [2.05, 4.69) is 15.6 Å². The van der Waals surface area contributed by atoms with Crippen LogP contribution in [0.25, 0.3) is 0 Å². The first kappa shape index (κ1) is 15.3. The highest BCUT2D eigenvalue weighted by Crippen LogP contribution is 2.40. The maximum Gasteiger partial charge on any atom is 0.315 e. The normalized spacial score (nSPS) is 28.0. The lowest BCUT2D eigenvalue weighted by molar-refractivity contribution is 0.231. The molecular formula is C15H21N3O3S. The van der Waals surface area contributed by atoms with Gasteiger partial charge in [-0.2, -0.15) is 0 Å². The van der Waals surface area contributed by atoms with Gasteiger partial charge in [0.25, 0.3) is 0 Å². The summed E-state index contributed by atoms with van der Waals surface area (Å²) in [6.45, 7) is 1.66. The Morgan fingerprint density at radius 3 is 2.50 bits per heavy atom. The highest BCUT2D eigenvalue weighted by molar-refractivity contribution is 7.92. The summed E-state index contributed by atoms with van der Waals surface area (Å²) >= 11 is 0. The molecule has 2 N–H and O–H groups in total. The van der Waals surface area contributed by atoms with Crippen molar-refractivity contribution in [3.05, 3.63) is 30.1 Å². The van der Waals surface area contributed by atoms with Gasteiger partial charge in [-0.05, 0) is 49.8 Å². The molecule has 6 nitrogen and oxygen atoms in total. The summed E-state index contributed by atoms with van der Waals surface area (Å²) in [6.07, 6.45) is 6.12. The molecule has 2 heterocycles. The molecule has 1 aromatic heterocycles. The zero-order chi connectivity index (χ0) is 15.7. The Bertz CT molecular complexity index is 643. The van der Waals surface area contributed by atoms with Gasteiger partial charge in [0.15, 0.2) is 9.84 Å². The van der Waals surface area contributed by atoms with Crippen LogP contribution in [0.4, 0.5) is 4.79 Å². The van der Waals surface area contributed by atoms with Crippen molar-refractivity contribution in [1.29, 1.82) is 0 Å². The topological polar surface area (TPSA) is 88.2 Å². The van der Waals surface area contributed by atoms with E-state index in [9.17, 15) is 13.2 Å². The third-order valence-corrected chi connectivity index (χ3v) is 6.87. The Morgan fingerprint density at radius 2 is 1.95 bits per heavy atom. The van der Waals surface area contributed by atoms with Crippen LogP contribution in [0.15, 0.2) is 24.5 Å². The van der Waals surface area contributed by atoms with Gasteiger partial charge in [0, 0.05) is 18.4 Å². The van der Waals surface area contributed by atoms with Gasteiger partial charge in [-0.3, -0.25) is 4.98 Å². The van der Waals surface area contributed by atoms with Crippen LogP contribution < -0.4 is 10.6 Å². The van der Waals surface area contributed by atoms with Gasteiger partial charge in [0.2, 0.25) is 0 Å². The van der Waals surface area contributed by atoms with Crippen LogP contribution in [0.2, 0.25) is 0 Å². The fourth-order valence-corrected chi connectivity index (χ4v) is 4.64. The highest BCUT2D eigenvalue weighted by atomic mass is 32.2. The van der Waals surface area contributed by atoms with E-state index in [4.69, 9.17) is 0 Å². The van der Waals surface area contributed by atoms with Crippen LogP contribution in [0, 0.1) is 5.92 Å². The molecule has 1 unspecified atom stereocenters. The maximum atomic E-state index is 12.2. The third kappa shape index (κ3) is 3.24. The number of urea groups is 1. The first-order chi connectivity index (χ1) is 10.5. The minimum atomic E-state index is -3.06. The summed E-state index contributed by atoms with van der Waals surface area (Å²) in [6, 6.07) is 3.19. The summed E-state index contributed by atoms with van der Waals surface area (Å²) in [5.74, 6) is 0.605. The van der Waals surface area contributed by atoms with Crippen LogP contribution in [-0.4, -0.2) is 36.5 Å². The van der Waals surface area contributed by atoms with Crippen molar-refractivity contribution in [3.8, 4) is 0 Å². The van der Waals surface area contributed by atoms with Crippen molar-refractivity contribution in [2.75, 3.05) is 5.75 Å². The average molecular weight is 323 g/mol. The third-order valence-electron chi connectivity index (χ3n) is 4.61. The van der Waals surface area contributed by atoms with Gasteiger partial charge >= 0.3 is 6.03 Å². The van der Waals surface area contributed by atoms with Gasteiger partial charge in [0.05, 0.1) is 17.0 Å². The molecule has 3 atom stereocenters. The number of rotatable bonds is 4. The summed E-state index contributed by atoms with van der Waals surface area (Å²) in [4.78, 5) is 16.2. The second-order valence-corrected chi connectivity index (χ2v) is 8.66. The van der Waals surface area contributed by atoms with E-state index in [0.717, 1.165) is 18.4 Å². The highest BCUT2D eigenvalue weighted by Gasteiger charge is 2.38. The van der Waals surface area contributed by atoms with Gasteiger partial charge < -0.3 is 10.6 Å². The van der Waals surface area contributed by atoms with Gasteiger partial charge in [-0.25, -0.2) is 13.2 Å². The molecule has 1 aliphatic heterocycles. The smallest absolute Gasteiger partial charge is 0.315 e. The van der Waals surface area contributed by atoms with E-state index in [1.54, 1.807) is 19.3 Å². The first-order valence-electron chi connectivity index (χ1n) is 7.66. The molecular weight excluding hydrogens is 302 g/mol. The van der Waals surface area contributed by atoms with Crippen molar-refractivity contribution in [3.63, 3.8) is 0 Å². The second-order valence-electron chi connectivity index (χ2n) is 6.18. The van der Waals surface area contributed by atoms with Crippen molar-refractivity contribution in [2.45, 2.75) is 43.5 Å². The number of hydrogen-bond acceptors (Lipinski definition) is 4. The molecule has 1 saturated heterocycles. The lowest BCUT2D eigenvalue weighted by atomic mass is 10.0. The minimum absolute atomic E-state index is 0.0312. The first-order valence-corrected chi connectivity index (χ1v) is 9.37. The van der Waals surface area contributed by atoms with Crippen LogP contribution >= 0.6 is 0 Å². The minimum Gasteiger partial charge on any atom is -0.334 e. The van der Waals surface area contributed by atoms with Gasteiger partial charge in [-0.1, -0.05) is 0 Å². The average Bonchev–Trinajstić information content (AvgIpc) is 3.30. The molecule has 0 bridgehead atoms. The molecule has 2 amide bonds. The number of hydrogen-bond donors (Lipinski definition) is 2. The molecule has 120 valence electrons. The molecule has 1 aromatic rings. The van der Waals surface area contributed by atoms with Gasteiger partial charge in [-0.15, -0.1) is 0 Å². The predicted octanol–water partition coefficient (Wildman–Crippen LogP) is 1.41. The van der Waals surface area contributed by atoms with E-state index in [1.807, 2.05) is 12.1 Å². The van der Waals surface area contributed by atoms with Gasteiger partial charge in [0.1, 0.15) is 0 Å². The Hall–Kier alpha value is -1.63. The second kappa shape index (κ2) is 5.87. The molecule has 0 spiro atoms. The fourth-order valence-electron chi connectivity index (χ4n) is 2.98. The van der Waals surface area contributed by atoms with Crippen LogP contribution in [-0.2, 0) is 9.84 Å². The number of amides is 2. The summed E-state index contributed by atoms with van der Waals surface area (Å²) in [5, 5.41) is 5.30. The predicted molar refractivity (Wildman–Crippen MR) is 83.0 cm³/mol. The molecule has 0 aromatic carbocycles. The van der Waals surface area contributed by atoms with E-state index in [0.29, 0.717) is 12.3 Å². The number of sulfone groups is 1. The largest absolute Gasteiger partial charge is 0.334 e. The quantitative estimate of drug-likeness (QED) is 0.877. The van der Waals surface area contributed by atoms with Crippen LogP contribution in [0.3, 0.4) is 0 Å². The standard InChI is InChI=1S/C15H21N3O3S/c1-10-13(6-9-22(10,20)21)17-15(19)18-14(11-2-3-11)12-4-7-16-8-5-12/h4-5,7-8,10-11,13-14H,2-3,6,9H2,1H3,(H2,17,18,19)/t10-,13-,14?/m0/s1. The Kier molecular flexibility index (Phi) is 4.08. The molecule has 2 fully saturated rings. The number of nitrogens with one attached hydrogen (secondary N) is 2. The van der Waals surface area contributed by atoms with Crippen LogP contribution in [0.1, 0.15) is 37.8 Å². The molecule has 2 aliphatic rings. The van der Waals surface area contributed by atoms with E-state index >= 15 is 0 Å². The number of carbonyl (C=O) groups is 1. The van der Waals surface area contributed by atoms with Crippen molar-refractivity contribution in [2.24, 2.45) is 5.92 Å². The lowest BCUT2D eigenvalue weighted by Crippen LogP contribution is -2.47. The van der Waals surface area contributed by atoms with Crippen LogP contribution in [0.5, 0.6) is 0 Å². The maximum absolute atomic E-state index is 12.2. The molecule has 22 heavy (non-hydrogen) atoms. The van der Waals surface area contributed by atoms with Crippen molar-refractivity contribution in [1.82, 2.24) is 15.6 Å².